The molecule has 2 aromatic rings. The minimum Gasteiger partial charge on any atom is -0.444 e. The molecule has 0 aliphatic rings. The van der Waals surface area contributed by atoms with Crippen LogP contribution in [0.1, 0.15) is 20.8 Å². The molecule has 2 heterocycles. The lowest BCUT2D eigenvalue weighted by Crippen LogP contribution is -2.27. The third-order valence-electron chi connectivity index (χ3n) is 1.99. The first-order valence-corrected chi connectivity index (χ1v) is 5.74. The van der Waals surface area contributed by atoms with Gasteiger partial charge in [0.2, 0.25) is 5.95 Å². The number of carbonyl (C=O) groups is 1. The van der Waals surface area contributed by atoms with Crippen molar-refractivity contribution in [3.05, 3.63) is 23.4 Å². The number of pyridine rings is 1. The van der Waals surface area contributed by atoms with Crippen molar-refractivity contribution in [1.82, 2.24) is 14.6 Å². The molecule has 0 radical (unpaired) electrons. The van der Waals surface area contributed by atoms with Crippen LogP contribution in [-0.2, 0) is 4.74 Å². The van der Waals surface area contributed by atoms with Gasteiger partial charge in [0.25, 0.3) is 0 Å². The van der Waals surface area contributed by atoms with Crippen molar-refractivity contribution in [1.29, 1.82) is 0 Å². The lowest BCUT2D eigenvalue weighted by atomic mass is 10.2. The summed E-state index contributed by atoms with van der Waals surface area (Å²) in [6, 6.07) is 5.17. The topological polar surface area (TPSA) is 68.5 Å². The molecule has 96 valence electrons. The average Bonchev–Trinajstić information content (AvgIpc) is 2.59. The zero-order valence-corrected chi connectivity index (χ0v) is 11.0. The Morgan fingerprint density at radius 3 is 2.78 bits per heavy atom. The normalized spacial score (nSPS) is 11.6. The molecular formula is C11H13ClN4O2. The molecule has 0 aromatic carbocycles. The van der Waals surface area contributed by atoms with Gasteiger partial charge in [0, 0.05) is 0 Å². The first-order valence-electron chi connectivity index (χ1n) is 5.36. The summed E-state index contributed by atoms with van der Waals surface area (Å²) >= 11 is 6.01. The van der Waals surface area contributed by atoms with E-state index in [0.29, 0.717) is 10.8 Å². The number of nitrogens with zero attached hydrogens (tertiary/aromatic N) is 3. The van der Waals surface area contributed by atoms with E-state index in [1.165, 1.54) is 4.40 Å². The van der Waals surface area contributed by atoms with E-state index in [1.54, 1.807) is 39.0 Å². The van der Waals surface area contributed by atoms with Crippen LogP contribution in [0.5, 0.6) is 0 Å². The minimum atomic E-state index is -0.600. The number of anilines is 1. The predicted octanol–water partition coefficient (Wildman–Crippen LogP) is 2.73. The van der Waals surface area contributed by atoms with Crippen molar-refractivity contribution in [3.63, 3.8) is 0 Å². The zero-order valence-electron chi connectivity index (χ0n) is 10.3. The standard InChI is InChI=1S/C11H13ClN4O2/c1-11(2,3)18-10(17)13-9-15-14-8-6-4-5-7(12)16(8)9/h4-6H,1-3H3,(H,13,15,17). The Kier molecular flexibility index (Phi) is 3.13. The third kappa shape index (κ3) is 2.70. The molecule has 2 rings (SSSR count). The third-order valence-corrected chi connectivity index (χ3v) is 2.29. The van der Waals surface area contributed by atoms with Crippen LogP contribution in [0.2, 0.25) is 5.15 Å². The van der Waals surface area contributed by atoms with Gasteiger partial charge in [-0.15, -0.1) is 10.2 Å². The summed E-state index contributed by atoms with van der Waals surface area (Å²) < 4.78 is 6.64. The predicted molar refractivity (Wildman–Crippen MR) is 67.9 cm³/mol. The van der Waals surface area contributed by atoms with Crippen LogP contribution in [0, 0.1) is 0 Å². The Balaban J connectivity index is 2.25. The van der Waals surface area contributed by atoms with Crippen LogP contribution in [0.25, 0.3) is 5.65 Å². The maximum Gasteiger partial charge on any atom is 0.414 e. The molecule has 1 amide bonds. The van der Waals surface area contributed by atoms with Gasteiger partial charge in [0.05, 0.1) is 0 Å². The quantitative estimate of drug-likeness (QED) is 0.808. The van der Waals surface area contributed by atoms with Gasteiger partial charge in [-0.05, 0) is 32.9 Å². The van der Waals surface area contributed by atoms with Crippen LogP contribution in [0.3, 0.4) is 0 Å². The van der Waals surface area contributed by atoms with Gasteiger partial charge in [0.1, 0.15) is 10.8 Å². The molecular weight excluding hydrogens is 256 g/mol. The van der Waals surface area contributed by atoms with Gasteiger partial charge in [-0.1, -0.05) is 17.7 Å². The van der Waals surface area contributed by atoms with Crippen LogP contribution >= 0.6 is 11.6 Å². The number of fused-ring (bicyclic) bond motifs is 1. The Bertz CT molecular complexity index is 588. The molecule has 2 aromatic heterocycles. The number of carbonyl (C=O) groups excluding carboxylic acids is 1. The first kappa shape index (κ1) is 12.6. The zero-order chi connectivity index (χ0) is 13.3. The van der Waals surface area contributed by atoms with E-state index < -0.39 is 11.7 Å². The molecule has 0 atom stereocenters. The van der Waals surface area contributed by atoms with Gasteiger partial charge in [-0.3, -0.25) is 9.72 Å². The van der Waals surface area contributed by atoms with E-state index in [4.69, 9.17) is 16.3 Å². The van der Waals surface area contributed by atoms with Crippen LogP contribution in [0.4, 0.5) is 10.7 Å². The number of ether oxygens (including phenoxy) is 1. The summed E-state index contributed by atoms with van der Waals surface area (Å²) in [6.07, 6.45) is -0.600. The summed E-state index contributed by atoms with van der Waals surface area (Å²) in [4.78, 5) is 11.6. The molecule has 0 saturated carbocycles. The minimum absolute atomic E-state index is 0.227. The molecule has 0 unspecified atom stereocenters. The number of nitrogens with one attached hydrogen (secondary N) is 1. The smallest absolute Gasteiger partial charge is 0.414 e. The molecule has 0 aliphatic carbocycles. The van der Waals surface area contributed by atoms with Crippen molar-refractivity contribution in [2.24, 2.45) is 0 Å². The molecule has 7 heteroatoms. The number of halogens is 1. The fourth-order valence-electron chi connectivity index (χ4n) is 1.38. The molecule has 1 N–H and O–H groups in total. The number of hydrogen-bond donors (Lipinski definition) is 1. The molecule has 6 nitrogen and oxygen atoms in total. The van der Waals surface area contributed by atoms with Crippen LogP contribution in [-0.4, -0.2) is 26.3 Å². The Morgan fingerprint density at radius 2 is 2.11 bits per heavy atom. The monoisotopic (exact) mass is 268 g/mol. The van der Waals surface area contributed by atoms with E-state index in [0.717, 1.165) is 0 Å². The second kappa shape index (κ2) is 4.45. The van der Waals surface area contributed by atoms with Gasteiger partial charge < -0.3 is 4.74 Å². The highest BCUT2D eigenvalue weighted by atomic mass is 35.5. The number of aromatic nitrogens is 3. The van der Waals surface area contributed by atoms with Gasteiger partial charge in [-0.2, -0.15) is 0 Å². The molecule has 0 fully saturated rings. The number of rotatable bonds is 1. The average molecular weight is 269 g/mol. The fourth-order valence-corrected chi connectivity index (χ4v) is 1.62. The van der Waals surface area contributed by atoms with Gasteiger partial charge in [-0.25, -0.2) is 4.79 Å². The summed E-state index contributed by atoms with van der Waals surface area (Å²) in [5, 5.41) is 10.6. The summed E-state index contributed by atoms with van der Waals surface area (Å²) in [7, 11) is 0. The molecule has 18 heavy (non-hydrogen) atoms. The van der Waals surface area contributed by atoms with Crippen molar-refractivity contribution >= 4 is 29.3 Å². The van der Waals surface area contributed by atoms with E-state index in [-0.39, 0.29) is 5.95 Å². The van der Waals surface area contributed by atoms with Crippen molar-refractivity contribution in [2.75, 3.05) is 5.32 Å². The SMILES string of the molecule is CC(C)(C)OC(=O)Nc1nnc2cccc(Cl)n12. The summed E-state index contributed by atoms with van der Waals surface area (Å²) in [6.45, 7) is 5.34. The lowest BCUT2D eigenvalue weighted by Gasteiger charge is -2.19. The summed E-state index contributed by atoms with van der Waals surface area (Å²) in [5.41, 5.74) is -0.0254. The molecule has 0 saturated heterocycles. The van der Waals surface area contributed by atoms with E-state index in [1.807, 2.05) is 0 Å². The second-order valence-corrected chi connectivity index (χ2v) is 5.08. The maximum atomic E-state index is 11.6. The number of amides is 1. The van der Waals surface area contributed by atoms with Crippen molar-refractivity contribution in [3.8, 4) is 0 Å². The van der Waals surface area contributed by atoms with Crippen molar-refractivity contribution < 1.29 is 9.53 Å². The Hall–Kier alpha value is -1.82. The first-order chi connectivity index (χ1) is 8.37. The highest BCUT2D eigenvalue weighted by Gasteiger charge is 2.18. The Labute approximate surface area is 109 Å². The maximum absolute atomic E-state index is 11.6. The van der Waals surface area contributed by atoms with Gasteiger partial charge in [0.15, 0.2) is 5.65 Å². The number of hydrogen-bond acceptors (Lipinski definition) is 4. The van der Waals surface area contributed by atoms with E-state index >= 15 is 0 Å². The van der Waals surface area contributed by atoms with Crippen molar-refractivity contribution in [2.45, 2.75) is 26.4 Å². The molecule has 0 bridgehead atoms. The van der Waals surface area contributed by atoms with Crippen LogP contribution in [0.15, 0.2) is 18.2 Å². The van der Waals surface area contributed by atoms with E-state index in [9.17, 15) is 4.79 Å². The second-order valence-electron chi connectivity index (χ2n) is 4.69. The summed E-state index contributed by atoms with van der Waals surface area (Å²) in [5.74, 6) is 0.227. The van der Waals surface area contributed by atoms with Crippen LogP contribution < -0.4 is 5.32 Å². The molecule has 0 aliphatic heterocycles. The fraction of sp³-hybridized carbons (Fsp3) is 0.364. The molecule has 0 spiro atoms. The van der Waals surface area contributed by atoms with Gasteiger partial charge >= 0.3 is 6.09 Å². The largest absolute Gasteiger partial charge is 0.444 e. The highest BCUT2D eigenvalue weighted by molar-refractivity contribution is 6.29. The Morgan fingerprint density at radius 1 is 1.39 bits per heavy atom. The highest BCUT2D eigenvalue weighted by Crippen LogP contribution is 2.17. The van der Waals surface area contributed by atoms with E-state index in [2.05, 4.69) is 15.5 Å². The lowest BCUT2D eigenvalue weighted by molar-refractivity contribution is 0.0634.